The fourth-order valence-electron chi connectivity index (χ4n) is 3.91. The van der Waals surface area contributed by atoms with E-state index < -0.39 is 5.60 Å². The van der Waals surface area contributed by atoms with Gasteiger partial charge < -0.3 is 9.64 Å². The van der Waals surface area contributed by atoms with E-state index in [1.165, 1.54) is 0 Å². The summed E-state index contributed by atoms with van der Waals surface area (Å²) in [5.74, 6) is -0.231. The summed E-state index contributed by atoms with van der Waals surface area (Å²) in [7, 11) is 4.10. The molecule has 0 bridgehead atoms. The number of nitrogens with zero attached hydrogens (tertiary/aromatic N) is 1. The lowest BCUT2D eigenvalue weighted by molar-refractivity contribution is -0.0354. The fraction of sp³-hybridized carbons (Fsp3) is 0.240. The molecule has 4 rings (SSSR count). The molecule has 4 heteroatoms. The van der Waals surface area contributed by atoms with Crippen LogP contribution in [0.5, 0.6) is 0 Å². The molecule has 0 amide bonds. The van der Waals surface area contributed by atoms with Crippen molar-refractivity contribution in [3.63, 3.8) is 0 Å². The molecule has 0 fully saturated rings. The highest BCUT2D eigenvalue weighted by Crippen LogP contribution is 2.40. The molecule has 3 aromatic rings. The van der Waals surface area contributed by atoms with Gasteiger partial charge in [0, 0.05) is 19.4 Å². The minimum absolute atomic E-state index is 0. The zero-order chi connectivity index (χ0) is 19.6. The lowest BCUT2D eigenvalue weighted by atomic mass is 9.80. The van der Waals surface area contributed by atoms with Crippen molar-refractivity contribution in [2.75, 3.05) is 20.6 Å². The summed E-state index contributed by atoms with van der Waals surface area (Å²) in [6.45, 7) is 0.838. The minimum Gasteiger partial charge on any atom is -0.450 e. The van der Waals surface area contributed by atoms with Crippen LogP contribution in [0, 0.1) is 0 Å². The van der Waals surface area contributed by atoms with Crippen molar-refractivity contribution in [2.45, 2.75) is 18.4 Å². The third kappa shape index (κ3) is 4.36. The van der Waals surface area contributed by atoms with Crippen LogP contribution in [0.2, 0.25) is 0 Å². The van der Waals surface area contributed by atoms with E-state index in [0.29, 0.717) is 12.0 Å². The lowest BCUT2D eigenvalue weighted by Gasteiger charge is -2.39. The zero-order valence-electron chi connectivity index (χ0n) is 16.8. The quantitative estimate of drug-likeness (QED) is 0.535. The van der Waals surface area contributed by atoms with E-state index >= 15 is 0 Å². The lowest BCUT2D eigenvalue weighted by Crippen LogP contribution is -2.41. The van der Waals surface area contributed by atoms with E-state index in [-0.39, 0.29) is 18.4 Å². The van der Waals surface area contributed by atoms with E-state index in [9.17, 15) is 4.79 Å². The molecule has 1 atom stereocenters. The van der Waals surface area contributed by atoms with Gasteiger partial charge in [-0.15, -0.1) is 12.4 Å². The highest BCUT2D eigenvalue weighted by Gasteiger charge is 2.41. The van der Waals surface area contributed by atoms with Crippen molar-refractivity contribution in [3.05, 3.63) is 95.6 Å². The molecule has 1 unspecified atom stereocenters. The third-order valence-corrected chi connectivity index (χ3v) is 5.46. The molecule has 150 valence electrons. The molecule has 0 aliphatic carbocycles. The molecule has 0 spiro atoms. The van der Waals surface area contributed by atoms with Crippen molar-refractivity contribution >= 4 is 18.4 Å². The van der Waals surface area contributed by atoms with Gasteiger partial charge in [-0.2, -0.15) is 0 Å². The summed E-state index contributed by atoms with van der Waals surface area (Å²) >= 11 is 0. The topological polar surface area (TPSA) is 29.5 Å². The van der Waals surface area contributed by atoms with Crippen LogP contribution in [0.25, 0.3) is 11.1 Å². The number of carbonyl (C=O) groups excluding carboxylic acids is 1. The van der Waals surface area contributed by atoms with Crippen molar-refractivity contribution < 1.29 is 9.53 Å². The number of hydrogen-bond donors (Lipinski definition) is 0. The van der Waals surface area contributed by atoms with E-state index in [4.69, 9.17) is 4.74 Å². The van der Waals surface area contributed by atoms with Crippen molar-refractivity contribution in [3.8, 4) is 11.1 Å². The SMILES string of the molecule is CN(C)CCC1(c2cccc(-c3ccccc3)c2)Cc2ccccc2C(=O)O1.Cl. The summed E-state index contributed by atoms with van der Waals surface area (Å²) in [6, 6.07) is 26.5. The van der Waals surface area contributed by atoms with Crippen LogP contribution >= 0.6 is 12.4 Å². The maximum Gasteiger partial charge on any atom is 0.339 e. The number of benzene rings is 3. The Morgan fingerprint density at radius 1 is 0.897 bits per heavy atom. The summed E-state index contributed by atoms with van der Waals surface area (Å²) in [4.78, 5) is 15.0. The average molecular weight is 408 g/mol. The van der Waals surface area contributed by atoms with Crippen LogP contribution < -0.4 is 0 Å². The van der Waals surface area contributed by atoms with E-state index in [2.05, 4.69) is 41.3 Å². The Bertz CT molecular complexity index is 987. The number of halogens is 1. The second-order valence-corrected chi connectivity index (χ2v) is 7.72. The average Bonchev–Trinajstić information content (AvgIpc) is 2.73. The molecule has 1 heterocycles. The van der Waals surface area contributed by atoms with E-state index in [1.54, 1.807) is 0 Å². The first-order valence-electron chi connectivity index (χ1n) is 9.69. The van der Waals surface area contributed by atoms with Gasteiger partial charge in [0.2, 0.25) is 0 Å². The first-order chi connectivity index (χ1) is 13.6. The smallest absolute Gasteiger partial charge is 0.339 e. The maximum absolute atomic E-state index is 12.8. The summed E-state index contributed by atoms with van der Waals surface area (Å²) in [5.41, 5.74) is 4.44. The maximum atomic E-state index is 12.8. The van der Waals surface area contributed by atoms with Gasteiger partial charge in [-0.3, -0.25) is 0 Å². The van der Waals surface area contributed by atoms with Crippen LogP contribution in [-0.2, 0) is 16.8 Å². The Hall–Kier alpha value is -2.62. The van der Waals surface area contributed by atoms with Crippen LogP contribution in [0.4, 0.5) is 0 Å². The third-order valence-electron chi connectivity index (χ3n) is 5.46. The fourth-order valence-corrected chi connectivity index (χ4v) is 3.91. The van der Waals surface area contributed by atoms with Crippen LogP contribution in [0.1, 0.15) is 27.9 Å². The summed E-state index contributed by atoms with van der Waals surface area (Å²) in [5, 5.41) is 0. The van der Waals surface area contributed by atoms with Crippen LogP contribution in [-0.4, -0.2) is 31.5 Å². The van der Waals surface area contributed by atoms with Gasteiger partial charge in [-0.25, -0.2) is 4.79 Å². The second-order valence-electron chi connectivity index (χ2n) is 7.72. The molecule has 3 nitrogen and oxygen atoms in total. The molecule has 3 aromatic carbocycles. The molecule has 1 aliphatic heterocycles. The normalized spacial score (nSPS) is 18.0. The summed E-state index contributed by atoms with van der Waals surface area (Å²) in [6.07, 6.45) is 1.44. The van der Waals surface area contributed by atoms with Gasteiger partial charge >= 0.3 is 5.97 Å². The van der Waals surface area contributed by atoms with Gasteiger partial charge in [-0.05, 0) is 48.5 Å². The van der Waals surface area contributed by atoms with Crippen molar-refractivity contribution in [2.24, 2.45) is 0 Å². The zero-order valence-corrected chi connectivity index (χ0v) is 17.6. The number of esters is 1. The number of carbonyl (C=O) groups is 1. The van der Waals surface area contributed by atoms with Crippen molar-refractivity contribution in [1.29, 1.82) is 0 Å². The Morgan fingerprint density at radius 2 is 1.59 bits per heavy atom. The van der Waals surface area contributed by atoms with E-state index in [1.807, 2.05) is 56.6 Å². The van der Waals surface area contributed by atoms with Crippen LogP contribution in [0.3, 0.4) is 0 Å². The molecule has 1 aliphatic rings. The van der Waals surface area contributed by atoms with Gasteiger partial charge in [0.25, 0.3) is 0 Å². The highest BCUT2D eigenvalue weighted by atomic mass is 35.5. The monoisotopic (exact) mass is 407 g/mol. The minimum atomic E-state index is -0.652. The number of rotatable bonds is 5. The highest BCUT2D eigenvalue weighted by molar-refractivity contribution is 5.92. The molecule has 0 aromatic heterocycles. The number of hydrogen-bond acceptors (Lipinski definition) is 3. The Kier molecular flexibility index (Phi) is 6.41. The van der Waals surface area contributed by atoms with Gasteiger partial charge in [0.1, 0.15) is 5.60 Å². The molecular weight excluding hydrogens is 382 g/mol. The number of fused-ring (bicyclic) bond motifs is 1. The molecule has 0 N–H and O–H groups in total. The Morgan fingerprint density at radius 3 is 2.34 bits per heavy atom. The van der Waals surface area contributed by atoms with Gasteiger partial charge in [0.15, 0.2) is 0 Å². The Balaban J connectivity index is 0.00000240. The Labute approximate surface area is 178 Å². The molecule has 0 saturated heterocycles. The largest absolute Gasteiger partial charge is 0.450 e. The first kappa shape index (κ1) is 21.1. The standard InChI is InChI=1S/C25H25NO2.ClH/c1-26(2)16-15-25(18-21-11-6-7-14-23(21)24(27)28-25)22-13-8-12-20(17-22)19-9-4-3-5-10-19;/h3-14,17H,15-16,18H2,1-2H3;1H. The summed E-state index contributed by atoms with van der Waals surface area (Å²) < 4.78 is 6.16. The molecule has 0 radical (unpaired) electrons. The van der Waals surface area contributed by atoms with E-state index in [0.717, 1.165) is 35.2 Å². The molecule has 29 heavy (non-hydrogen) atoms. The van der Waals surface area contributed by atoms with Gasteiger partial charge in [-0.1, -0.05) is 66.7 Å². The predicted octanol–water partition coefficient (Wildman–Crippen LogP) is 5.34. The van der Waals surface area contributed by atoms with Crippen molar-refractivity contribution in [1.82, 2.24) is 4.90 Å². The van der Waals surface area contributed by atoms with Gasteiger partial charge in [0.05, 0.1) is 5.56 Å². The number of ether oxygens (including phenoxy) is 1. The molecule has 0 saturated carbocycles. The second kappa shape index (κ2) is 8.81. The van der Waals surface area contributed by atoms with Crippen LogP contribution in [0.15, 0.2) is 78.9 Å². The molecular formula is C25H26ClNO2. The number of cyclic esters (lactones) is 1. The first-order valence-corrected chi connectivity index (χ1v) is 9.69. The predicted molar refractivity (Wildman–Crippen MR) is 120 cm³/mol.